The zero-order valence-corrected chi connectivity index (χ0v) is 25.7. The van der Waals surface area contributed by atoms with Crippen LogP contribution in [0.5, 0.6) is 5.75 Å². The maximum absolute atomic E-state index is 15.4. The first-order chi connectivity index (χ1) is 21.0. The first kappa shape index (κ1) is 31.7. The van der Waals surface area contributed by atoms with Gasteiger partial charge < -0.3 is 30.1 Å². The van der Waals surface area contributed by atoms with Crippen LogP contribution in [0.25, 0.3) is 22.3 Å². The molecule has 2 heterocycles. The number of hydrogen-bond acceptors (Lipinski definition) is 7. The lowest BCUT2D eigenvalue weighted by atomic mass is 9.97. The van der Waals surface area contributed by atoms with Gasteiger partial charge >= 0.3 is 6.03 Å². The topological polar surface area (TPSA) is 120 Å². The van der Waals surface area contributed by atoms with Gasteiger partial charge in [-0.2, -0.15) is 0 Å². The number of rotatable bonds is 8. The zero-order chi connectivity index (χ0) is 31.7. The predicted molar refractivity (Wildman–Crippen MR) is 164 cm³/mol. The molecular formula is C31H31Cl2FN4O6. The summed E-state index contributed by atoms with van der Waals surface area (Å²) in [6.45, 7) is 0.609. The van der Waals surface area contributed by atoms with Crippen molar-refractivity contribution in [3.63, 3.8) is 0 Å². The van der Waals surface area contributed by atoms with Crippen LogP contribution in [0.1, 0.15) is 5.56 Å². The van der Waals surface area contributed by atoms with Crippen molar-refractivity contribution in [3.8, 4) is 28.0 Å². The lowest BCUT2D eigenvalue weighted by Crippen LogP contribution is -2.56. The van der Waals surface area contributed by atoms with Gasteiger partial charge in [0.15, 0.2) is 0 Å². The fourth-order valence-corrected chi connectivity index (χ4v) is 5.93. The number of hydrogen-bond donors (Lipinski definition) is 3. The highest BCUT2D eigenvalue weighted by atomic mass is 35.5. The number of imide groups is 1. The van der Waals surface area contributed by atoms with Gasteiger partial charge in [0.25, 0.3) is 0 Å². The third-order valence-corrected chi connectivity index (χ3v) is 8.65. The molecule has 0 spiro atoms. The average Bonchev–Trinajstić information content (AvgIpc) is 3.42. The summed E-state index contributed by atoms with van der Waals surface area (Å²) in [6.07, 6.45) is -0.674. The zero-order valence-electron chi connectivity index (χ0n) is 24.2. The van der Waals surface area contributed by atoms with Crippen LogP contribution in [0.15, 0.2) is 48.5 Å². The van der Waals surface area contributed by atoms with Crippen LogP contribution in [0.2, 0.25) is 10.0 Å². The molecule has 5 rings (SSSR count). The Hall–Kier alpha value is -3.74. The van der Waals surface area contributed by atoms with Gasteiger partial charge in [-0.15, -0.1) is 0 Å². The summed E-state index contributed by atoms with van der Waals surface area (Å²) in [6, 6.07) is 12.5. The fraction of sp³-hybridized carbons (Fsp3) is 0.323. The molecular weight excluding hydrogens is 614 g/mol. The van der Waals surface area contributed by atoms with E-state index in [1.807, 2.05) is 0 Å². The summed E-state index contributed by atoms with van der Waals surface area (Å²) >= 11 is 13.7. The summed E-state index contributed by atoms with van der Waals surface area (Å²) in [7, 11) is 4.28. The lowest BCUT2D eigenvalue weighted by molar-refractivity contribution is -0.140. The number of halogens is 3. The SMILES string of the molecule is COc1cc(-c2cccc(-c3cccc(NC(=O)C4CN(C)C(=O)N(C)C4=O)c3Cl)c2Cl)cc(F)c1CN[C@H]1COC[C@H]1O. The highest BCUT2D eigenvalue weighted by molar-refractivity contribution is 6.39. The number of urea groups is 1. The highest BCUT2D eigenvalue weighted by Crippen LogP contribution is 2.42. The van der Waals surface area contributed by atoms with E-state index in [9.17, 15) is 19.5 Å². The number of benzene rings is 3. The predicted octanol–water partition coefficient (Wildman–Crippen LogP) is 4.40. The van der Waals surface area contributed by atoms with Crippen LogP contribution in [0.3, 0.4) is 0 Å². The van der Waals surface area contributed by atoms with Crippen molar-refractivity contribution in [2.24, 2.45) is 5.92 Å². The number of nitrogens with zero attached hydrogens (tertiary/aromatic N) is 2. The summed E-state index contributed by atoms with van der Waals surface area (Å²) in [4.78, 5) is 40.0. The van der Waals surface area contributed by atoms with Crippen molar-refractivity contribution in [1.82, 2.24) is 15.1 Å². The second-order valence-electron chi connectivity index (χ2n) is 10.7. The Kier molecular flexibility index (Phi) is 9.42. The van der Waals surface area contributed by atoms with E-state index in [4.69, 9.17) is 32.7 Å². The van der Waals surface area contributed by atoms with Crippen LogP contribution in [-0.2, 0) is 20.9 Å². The highest BCUT2D eigenvalue weighted by Gasteiger charge is 2.39. The molecule has 232 valence electrons. The molecule has 4 amide bonds. The molecule has 0 bridgehead atoms. The Morgan fingerprint density at radius 1 is 1.07 bits per heavy atom. The van der Waals surface area contributed by atoms with E-state index in [-0.39, 0.29) is 36.4 Å². The van der Waals surface area contributed by atoms with Crippen molar-refractivity contribution in [3.05, 3.63) is 70.0 Å². The molecule has 2 aliphatic rings. The Balaban J connectivity index is 1.42. The van der Waals surface area contributed by atoms with E-state index in [2.05, 4.69) is 10.6 Å². The minimum absolute atomic E-state index is 0.0646. The van der Waals surface area contributed by atoms with E-state index < -0.39 is 35.7 Å². The number of carbonyl (C=O) groups excluding carboxylic acids is 3. The van der Waals surface area contributed by atoms with Gasteiger partial charge in [0, 0.05) is 49.4 Å². The first-order valence-electron chi connectivity index (χ1n) is 13.8. The molecule has 10 nitrogen and oxygen atoms in total. The average molecular weight is 646 g/mol. The summed E-state index contributed by atoms with van der Waals surface area (Å²) in [5, 5.41) is 16.3. The number of anilines is 1. The maximum Gasteiger partial charge on any atom is 0.326 e. The van der Waals surface area contributed by atoms with Crippen LogP contribution in [0.4, 0.5) is 14.9 Å². The van der Waals surface area contributed by atoms with Crippen LogP contribution < -0.4 is 15.4 Å². The molecule has 0 radical (unpaired) electrons. The van der Waals surface area contributed by atoms with Gasteiger partial charge in [-0.05, 0) is 23.8 Å². The van der Waals surface area contributed by atoms with Gasteiger partial charge in [0.1, 0.15) is 17.5 Å². The minimum atomic E-state index is -1.10. The number of nitrogens with one attached hydrogen (secondary N) is 2. The summed E-state index contributed by atoms with van der Waals surface area (Å²) < 4.78 is 26.2. The second kappa shape index (κ2) is 13.1. The van der Waals surface area contributed by atoms with Gasteiger partial charge in [-0.3, -0.25) is 14.5 Å². The van der Waals surface area contributed by atoms with Gasteiger partial charge in [-0.1, -0.05) is 53.5 Å². The molecule has 44 heavy (non-hydrogen) atoms. The number of amides is 4. The third kappa shape index (κ3) is 6.11. The molecule has 13 heteroatoms. The largest absolute Gasteiger partial charge is 0.496 e. The third-order valence-electron chi connectivity index (χ3n) is 7.84. The van der Waals surface area contributed by atoms with Gasteiger partial charge in [0.2, 0.25) is 11.8 Å². The Labute approximate surface area is 263 Å². The van der Waals surface area contributed by atoms with Crippen molar-refractivity contribution in [2.75, 3.05) is 46.3 Å². The Bertz CT molecular complexity index is 1620. The lowest BCUT2D eigenvalue weighted by Gasteiger charge is -2.33. The smallest absolute Gasteiger partial charge is 0.326 e. The summed E-state index contributed by atoms with van der Waals surface area (Å²) in [5.74, 6) is -2.52. The van der Waals surface area contributed by atoms with E-state index in [0.29, 0.717) is 45.2 Å². The van der Waals surface area contributed by atoms with Crippen molar-refractivity contribution in [1.29, 1.82) is 0 Å². The fourth-order valence-electron chi connectivity index (χ4n) is 5.32. The molecule has 2 aliphatic heterocycles. The van der Waals surface area contributed by atoms with E-state index in [1.54, 1.807) is 42.5 Å². The molecule has 0 aromatic heterocycles. The Morgan fingerprint density at radius 3 is 2.43 bits per heavy atom. The van der Waals surface area contributed by atoms with Crippen LogP contribution in [0, 0.1) is 11.7 Å². The molecule has 0 saturated carbocycles. The van der Waals surface area contributed by atoms with Crippen LogP contribution >= 0.6 is 23.2 Å². The van der Waals surface area contributed by atoms with Gasteiger partial charge in [-0.25, -0.2) is 9.18 Å². The number of methoxy groups -OCH3 is 1. The molecule has 3 aromatic rings. The molecule has 2 saturated heterocycles. The number of carbonyl (C=O) groups is 3. The minimum Gasteiger partial charge on any atom is -0.496 e. The van der Waals surface area contributed by atoms with E-state index in [1.165, 1.54) is 32.2 Å². The standard InChI is InChI=1S/C31H31Cl2FN4O6/c1-37-13-21(30(41)38(2)31(37)42)29(40)36-23-9-5-8-19(28(23)33)18-7-4-6-17(27(18)32)16-10-22(34)20(26(11-16)43-3)12-35-24-14-44-15-25(24)39/h4-11,21,24-25,35,39H,12-15H2,1-3H3,(H,36,40)/t21?,24-,25+/m0/s1. The summed E-state index contributed by atoms with van der Waals surface area (Å²) in [5.41, 5.74) is 2.58. The van der Waals surface area contributed by atoms with Gasteiger partial charge in [0.05, 0.1) is 48.2 Å². The second-order valence-corrected chi connectivity index (χ2v) is 11.4. The molecule has 3 atom stereocenters. The Morgan fingerprint density at radius 2 is 1.75 bits per heavy atom. The first-order valence-corrected chi connectivity index (χ1v) is 14.5. The number of aliphatic hydroxyl groups is 1. The molecule has 3 aromatic carbocycles. The maximum atomic E-state index is 15.4. The molecule has 3 N–H and O–H groups in total. The van der Waals surface area contributed by atoms with Crippen LogP contribution in [-0.4, -0.2) is 85.9 Å². The number of aliphatic hydroxyl groups excluding tert-OH is 1. The van der Waals surface area contributed by atoms with E-state index in [0.717, 1.165) is 4.90 Å². The van der Waals surface area contributed by atoms with Crippen molar-refractivity contribution in [2.45, 2.75) is 18.7 Å². The molecule has 2 fully saturated rings. The van der Waals surface area contributed by atoms with E-state index >= 15 is 4.39 Å². The molecule has 1 unspecified atom stereocenters. The number of ether oxygens (including phenoxy) is 2. The normalized spacial score (nSPS) is 20.3. The monoisotopic (exact) mass is 644 g/mol. The quantitative estimate of drug-likeness (QED) is 0.311. The molecule has 0 aliphatic carbocycles. The van der Waals surface area contributed by atoms with Crippen molar-refractivity contribution < 1.29 is 33.4 Å². The van der Waals surface area contributed by atoms with Crippen molar-refractivity contribution >= 4 is 46.7 Å².